The van der Waals surface area contributed by atoms with Crippen molar-refractivity contribution in [3.8, 4) is 0 Å². The number of hydrogen-bond acceptors (Lipinski definition) is 3. The maximum Gasteiger partial charge on any atom is 0.241 e. The molecule has 112 valence electrons. The van der Waals surface area contributed by atoms with Gasteiger partial charge < -0.3 is 5.32 Å². The van der Waals surface area contributed by atoms with Crippen LogP contribution in [-0.4, -0.2) is 27.5 Å². The van der Waals surface area contributed by atoms with E-state index in [2.05, 4.69) is 10.0 Å². The minimum atomic E-state index is -3.40. The summed E-state index contributed by atoms with van der Waals surface area (Å²) in [5.41, 5.74) is 1.89. The Balaban J connectivity index is 2.08. The molecule has 1 aliphatic carbocycles. The third-order valence-electron chi connectivity index (χ3n) is 4.08. The summed E-state index contributed by atoms with van der Waals surface area (Å²) in [6, 6.07) is 6.04. The lowest BCUT2D eigenvalue weighted by Gasteiger charge is -2.28. The van der Waals surface area contributed by atoms with E-state index in [0.717, 1.165) is 36.8 Å². The second kappa shape index (κ2) is 6.24. The smallest absolute Gasteiger partial charge is 0.241 e. The molecule has 1 aromatic rings. The van der Waals surface area contributed by atoms with E-state index >= 15 is 0 Å². The van der Waals surface area contributed by atoms with Crippen LogP contribution in [0.15, 0.2) is 23.1 Å². The van der Waals surface area contributed by atoms with Crippen LogP contribution in [-0.2, 0) is 10.0 Å². The van der Waals surface area contributed by atoms with Gasteiger partial charge in [0, 0.05) is 12.1 Å². The molecule has 0 atom stereocenters. The summed E-state index contributed by atoms with van der Waals surface area (Å²) in [6.45, 7) is 3.81. The molecule has 0 bridgehead atoms. The van der Waals surface area contributed by atoms with Gasteiger partial charge in [0.25, 0.3) is 0 Å². The van der Waals surface area contributed by atoms with Gasteiger partial charge in [-0.05, 0) is 58.2 Å². The van der Waals surface area contributed by atoms with Gasteiger partial charge in [-0.15, -0.1) is 0 Å². The second-order valence-corrected chi connectivity index (χ2v) is 7.41. The Bertz CT molecular complexity index is 561. The fourth-order valence-corrected chi connectivity index (χ4v) is 4.42. The molecule has 2 N–H and O–H groups in total. The molecule has 0 heterocycles. The topological polar surface area (TPSA) is 58.2 Å². The Morgan fingerprint density at radius 1 is 1.05 bits per heavy atom. The SMILES string of the molecule is CNC1CCC(NS(=O)(=O)c2ccc(C)cc2C)CC1. The van der Waals surface area contributed by atoms with Crippen molar-refractivity contribution in [3.05, 3.63) is 29.3 Å². The van der Waals surface area contributed by atoms with Gasteiger partial charge >= 0.3 is 0 Å². The summed E-state index contributed by atoms with van der Waals surface area (Å²) in [5.74, 6) is 0. The van der Waals surface area contributed by atoms with Crippen LogP contribution in [0.25, 0.3) is 0 Å². The average molecular weight is 296 g/mol. The van der Waals surface area contributed by atoms with E-state index in [1.165, 1.54) is 0 Å². The van der Waals surface area contributed by atoms with Crippen LogP contribution in [0.2, 0.25) is 0 Å². The number of aryl methyl sites for hydroxylation is 2. The van der Waals surface area contributed by atoms with Gasteiger partial charge in [-0.25, -0.2) is 13.1 Å². The van der Waals surface area contributed by atoms with Crippen molar-refractivity contribution in [3.63, 3.8) is 0 Å². The number of rotatable bonds is 4. The van der Waals surface area contributed by atoms with Crippen LogP contribution < -0.4 is 10.0 Å². The lowest BCUT2D eigenvalue weighted by Crippen LogP contribution is -2.41. The number of sulfonamides is 1. The quantitative estimate of drug-likeness (QED) is 0.894. The van der Waals surface area contributed by atoms with E-state index < -0.39 is 10.0 Å². The summed E-state index contributed by atoms with van der Waals surface area (Å²) in [7, 11) is -1.44. The third-order valence-corrected chi connectivity index (χ3v) is 5.76. The van der Waals surface area contributed by atoms with Crippen molar-refractivity contribution < 1.29 is 8.42 Å². The molecule has 20 heavy (non-hydrogen) atoms. The molecule has 0 amide bonds. The maximum atomic E-state index is 12.5. The monoisotopic (exact) mass is 296 g/mol. The summed E-state index contributed by atoms with van der Waals surface area (Å²) in [4.78, 5) is 0.402. The van der Waals surface area contributed by atoms with E-state index in [9.17, 15) is 8.42 Å². The zero-order chi connectivity index (χ0) is 14.8. The Labute approximate surface area is 122 Å². The maximum absolute atomic E-state index is 12.5. The summed E-state index contributed by atoms with van der Waals surface area (Å²) >= 11 is 0. The zero-order valence-corrected chi connectivity index (χ0v) is 13.3. The highest BCUT2D eigenvalue weighted by Gasteiger charge is 2.25. The molecule has 1 aliphatic rings. The van der Waals surface area contributed by atoms with E-state index in [-0.39, 0.29) is 6.04 Å². The van der Waals surface area contributed by atoms with E-state index in [0.29, 0.717) is 10.9 Å². The summed E-state index contributed by atoms with van der Waals surface area (Å²) in [6.07, 6.45) is 3.85. The highest BCUT2D eigenvalue weighted by Crippen LogP contribution is 2.22. The molecular formula is C15H24N2O2S. The van der Waals surface area contributed by atoms with Crippen molar-refractivity contribution in [2.24, 2.45) is 0 Å². The first-order valence-electron chi connectivity index (χ1n) is 7.19. The fraction of sp³-hybridized carbons (Fsp3) is 0.600. The van der Waals surface area contributed by atoms with Crippen molar-refractivity contribution in [2.45, 2.75) is 56.5 Å². The van der Waals surface area contributed by atoms with Crippen LogP contribution in [0.5, 0.6) is 0 Å². The molecule has 2 rings (SSSR count). The third kappa shape index (κ3) is 3.59. The molecule has 0 radical (unpaired) electrons. The molecule has 1 fully saturated rings. The second-order valence-electron chi connectivity index (χ2n) is 5.73. The molecular weight excluding hydrogens is 272 g/mol. The zero-order valence-electron chi connectivity index (χ0n) is 12.4. The van der Waals surface area contributed by atoms with Crippen molar-refractivity contribution >= 4 is 10.0 Å². The number of hydrogen-bond donors (Lipinski definition) is 2. The molecule has 0 aliphatic heterocycles. The van der Waals surface area contributed by atoms with Crippen molar-refractivity contribution in [2.75, 3.05) is 7.05 Å². The van der Waals surface area contributed by atoms with Crippen LogP contribution in [0.3, 0.4) is 0 Å². The minimum Gasteiger partial charge on any atom is -0.317 e. The Hall–Kier alpha value is -0.910. The van der Waals surface area contributed by atoms with Gasteiger partial charge in [-0.1, -0.05) is 17.7 Å². The number of benzene rings is 1. The Kier molecular flexibility index (Phi) is 4.83. The molecule has 1 saturated carbocycles. The average Bonchev–Trinajstić information content (AvgIpc) is 2.38. The highest BCUT2D eigenvalue weighted by molar-refractivity contribution is 7.89. The Morgan fingerprint density at radius 3 is 2.20 bits per heavy atom. The first-order chi connectivity index (χ1) is 9.42. The van der Waals surface area contributed by atoms with Crippen molar-refractivity contribution in [1.29, 1.82) is 0 Å². The highest BCUT2D eigenvalue weighted by atomic mass is 32.2. The molecule has 1 aromatic carbocycles. The molecule has 4 nitrogen and oxygen atoms in total. The predicted molar refractivity (Wildman–Crippen MR) is 81.3 cm³/mol. The lowest BCUT2D eigenvalue weighted by atomic mass is 9.92. The standard InChI is InChI=1S/C15H24N2O2S/c1-11-4-9-15(12(2)10-11)20(18,19)17-14-7-5-13(16-3)6-8-14/h4,9-10,13-14,16-17H,5-8H2,1-3H3. The number of nitrogens with one attached hydrogen (secondary N) is 2. The van der Waals surface area contributed by atoms with Crippen LogP contribution >= 0.6 is 0 Å². The first kappa shape index (κ1) is 15.5. The molecule has 0 spiro atoms. The first-order valence-corrected chi connectivity index (χ1v) is 8.67. The molecule has 5 heteroatoms. The molecule has 0 saturated heterocycles. The summed E-state index contributed by atoms with van der Waals surface area (Å²) < 4.78 is 27.8. The largest absolute Gasteiger partial charge is 0.317 e. The van der Waals surface area contributed by atoms with Gasteiger partial charge in [-0.3, -0.25) is 0 Å². The van der Waals surface area contributed by atoms with Gasteiger partial charge in [0.05, 0.1) is 4.90 Å². The van der Waals surface area contributed by atoms with Crippen molar-refractivity contribution in [1.82, 2.24) is 10.0 Å². The van der Waals surface area contributed by atoms with Gasteiger partial charge in [0.1, 0.15) is 0 Å². The van der Waals surface area contributed by atoms with Crippen LogP contribution in [0.4, 0.5) is 0 Å². The van der Waals surface area contributed by atoms with Crippen LogP contribution in [0.1, 0.15) is 36.8 Å². The molecule has 0 unspecified atom stereocenters. The van der Waals surface area contributed by atoms with Crippen LogP contribution in [0, 0.1) is 13.8 Å². The fourth-order valence-electron chi connectivity index (χ4n) is 2.88. The van der Waals surface area contributed by atoms with E-state index in [1.54, 1.807) is 6.07 Å². The minimum absolute atomic E-state index is 0.0605. The van der Waals surface area contributed by atoms with Gasteiger partial charge in [0.15, 0.2) is 0 Å². The predicted octanol–water partition coefficient (Wildman–Crippen LogP) is 2.11. The Morgan fingerprint density at radius 2 is 1.65 bits per heavy atom. The molecule has 0 aromatic heterocycles. The van der Waals surface area contributed by atoms with Gasteiger partial charge in [0.2, 0.25) is 10.0 Å². The lowest BCUT2D eigenvalue weighted by molar-refractivity contribution is 0.342. The summed E-state index contributed by atoms with van der Waals surface area (Å²) in [5, 5.41) is 3.26. The normalized spacial score (nSPS) is 23.8. The van der Waals surface area contributed by atoms with Gasteiger partial charge in [-0.2, -0.15) is 0 Å². The van der Waals surface area contributed by atoms with E-state index in [4.69, 9.17) is 0 Å². The van der Waals surface area contributed by atoms with E-state index in [1.807, 2.05) is 33.0 Å².